The molecule has 0 fully saturated rings. The topological polar surface area (TPSA) is 117 Å². The summed E-state index contributed by atoms with van der Waals surface area (Å²) >= 11 is 1.42. The van der Waals surface area contributed by atoms with Crippen LogP contribution in [0.3, 0.4) is 0 Å². The third kappa shape index (κ3) is 5.12. The number of hydrogen-bond donors (Lipinski definition) is 2. The Kier molecular flexibility index (Phi) is 6.95. The number of pyridine rings is 1. The van der Waals surface area contributed by atoms with Crippen molar-refractivity contribution in [3.63, 3.8) is 0 Å². The maximum Gasteiger partial charge on any atom is 0.355 e. The number of thiazole rings is 1. The molecule has 0 unspecified atom stereocenters. The minimum Gasteiger partial charge on any atom is -0.476 e. The second-order valence-electron chi connectivity index (χ2n) is 10.4. The summed E-state index contributed by atoms with van der Waals surface area (Å²) in [5.74, 6) is -1.13. The first-order valence-electron chi connectivity index (χ1n) is 14.0. The van der Waals surface area contributed by atoms with Gasteiger partial charge in [-0.2, -0.15) is 0 Å². The Hall–Kier alpha value is -5.61. The highest BCUT2D eigenvalue weighted by Gasteiger charge is 2.25. The van der Waals surface area contributed by atoms with E-state index in [1.54, 1.807) is 60.9 Å². The van der Waals surface area contributed by atoms with Crippen LogP contribution in [0, 0.1) is 0 Å². The number of carbonyl (C=O) groups excluding carboxylic acids is 2. The Morgan fingerprint density at radius 1 is 0.864 bits per heavy atom. The first kappa shape index (κ1) is 27.2. The number of para-hydroxylation sites is 1. The maximum absolute atomic E-state index is 13.4. The Morgan fingerprint density at radius 2 is 1.68 bits per heavy atom. The molecule has 4 heterocycles. The first-order chi connectivity index (χ1) is 21.4. The lowest BCUT2D eigenvalue weighted by molar-refractivity contribution is 0.0691. The number of anilines is 2. The second kappa shape index (κ2) is 11.2. The van der Waals surface area contributed by atoms with Gasteiger partial charge in [-0.15, -0.1) is 0 Å². The summed E-state index contributed by atoms with van der Waals surface area (Å²) in [5, 5.41) is 13.6. The molecule has 7 rings (SSSR count). The number of aromatic nitrogens is 3. The zero-order valence-corrected chi connectivity index (χ0v) is 24.1. The van der Waals surface area contributed by atoms with E-state index in [2.05, 4.69) is 15.3 Å². The normalized spacial score (nSPS) is 12.6. The highest BCUT2D eigenvalue weighted by Crippen LogP contribution is 2.31. The molecule has 0 radical (unpaired) electrons. The fourth-order valence-electron chi connectivity index (χ4n) is 5.51. The van der Waals surface area contributed by atoms with Crippen molar-refractivity contribution in [1.29, 1.82) is 0 Å². The monoisotopic (exact) mass is 599 g/mol. The molecule has 1 aliphatic heterocycles. The highest BCUT2D eigenvalue weighted by molar-refractivity contribution is 7.22. The van der Waals surface area contributed by atoms with Gasteiger partial charge in [0, 0.05) is 47.7 Å². The van der Waals surface area contributed by atoms with E-state index < -0.39 is 5.97 Å². The molecule has 0 atom stereocenters. The van der Waals surface area contributed by atoms with Gasteiger partial charge in [0.25, 0.3) is 11.8 Å². The van der Waals surface area contributed by atoms with Gasteiger partial charge in [0.1, 0.15) is 5.82 Å². The molecule has 0 aliphatic carbocycles. The number of benzene rings is 3. The fraction of sp³-hybridized carbons (Fsp3) is 0.0882. The minimum absolute atomic E-state index is 0.111. The zero-order chi connectivity index (χ0) is 30.2. The number of carboxylic acid groups (broad SMARTS) is 1. The predicted molar refractivity (Wildman–Crippen MR) is 170 cm³/mol. The van der Waals surface area contributed by atoms with Crippen LogP contribution in [0.15, 0.2) is 103 Å². The number of hydrogen-bond acceptors (Lipinski definition) is 7. The van der Waals surface area contributed by atoms with Crippen molar-refractivity contribution in [3.05, 3.63) is 131 Å². The van der Waals surface area contributed by atoms with Crippen molar-refractivity contribution >= 4 is 50.3 Å². The Bertz CT molecular complexity index is 2030. The lowest BCUT2D eigenvalue weighted by Gasteiger charge is -2.31. The Balaban J connectivity index is 1.15. The SMILES string of the molecule is O=C(Nc1nc2ccccc2s1)c1cccc2c1CN(c1ccc(-c3ccn(C(=O)c4ccccc4)c3)c(C(=O)O)n1)CC2. The van der Waals surface area contributed by atoms with Gasteiger partial charge >= 0.3 is 5.97 Å². The van der Waals surface area contributed by atoms with Crippen LogP contribution in [0.2, 0.25) is 0 Å². The van der Waals surface area contributed by atoms with Crippen LogP contribution >= 0.6 is 11.3 Å². The van der Waals surface area contributed by atoms with E-state index in [-0.39, 0.29) is 17.5 Å². The Morgan fingerprint density at radius 3 is 2.50 bits per heavy atom. The Labute approximate surface area is 256 Å². The third-order valence-electron chi connectivity index (χ3n) is 7.70. The number of carbonyl (C=O) groups is 3. The lowest BCUT2D eigenvalue weighted by atomic mass is 9.94. The quantitative estimate of drug-likeness (QED) is 0.229. The van der Waals surface area contributed by atoms with Gasteiger partial charge in [-0.25, -0.2) is 14.8 Å². The molecule has 216 valence electrons. The van der Waals surface area contributed by atoms with Crippen LogP contribution in [0.25, 0.3) is 21.3 Å². The van der Waals surface area contributed by atoms with E-state index in [0.717, 1.165) is 21.3 Å². The summed E-state index contributed by atoms with van der Waals surface area (Å²) in [6.45, 7) is 1.01. The molecule has 0 spiro atoms. The molecular formula is C34H25N5O4S. The molecule has 1 aliphatic rings. The van der Waals surface area contributed by atoms with Gasteiger partial charge in [0.15, 0.2) is 10.8 Å². The van der Waals surface area contributed by atoms with Gasteiger partial charge in [0.2, 0.25) is 0 Å². The zero-order valence-electron chi connectivity index (χ0n) is 23.3. The first-order valence-corrected chi connectivity index (χ1v) is 14.8. The summed E-state index contributed by atoms with van der Waals surface area (Å²) in [7, 11) is 0. The summed E-state index contributed by atoms with van der Waals surface area (Å²) < 4.78 is 2.43. The van der Waals surface area contributed by atoms with Crippen LogP contribution in [0.5, 0.6) is 0 Å². The van der Waals surface area contributed by atoms with Crippen molar-refractivity contribution in [2.24, 2.45) is 0 Å². The molecule has 44 heavy (non-hydrogen) atoms. The van der Waals surface area contributed by atoms with Gasteiger partial charge < -0.3 is 10.0 Å². The number of nitrogens with zero attached hydrogens (tertiary/aromatic N) is 4. The minimum atomic E-state index is -1.17. The predicted octanol–water partition coefficient (Wildman–Crippen LogP) is 6.36. The number of nitrogens with one attached hydrogen (secondary N) is 1. The molecule has 3 aromatic carbocycles. The van der Waals surface area contributed by atoms with Crippen LogP contribution in [-0.2, 0) is 13.0 Å². The lowest BCUT2D eigenvalue weighted by Crippen LogP contribution is -2.33. The van der Waals surface area contributed by atoms with E-state index in [9.17, 15) is 19.5 Å². The van der Waals surface area contributed by atoms with E-state index in [4.69, 9.17) is 0 Å². The van der Waals surface area contributed by atoms with Gasteiger partial charge in [-0.05, 0) is 66.1 Å². The van der Waals surface area contributed by atoms with Gasteiger partial charge in [-0.1, -0.05) is 53.8 Å². The molecule has 0 bridgehead atoms. The standard InChI is InChI=1S/C34H25N5O4S/c40-31(37-34-35-27-11-4-5-12-28(27)44-34)25-10-6-9-21-15-17-38(20-26(21)25)29-14-13-24(30(36-29)33(42)43)23-16-18-39(19-23)32(41)22-7-2-1-3-8-22/h1-14,16,18-19H,15,17,20H2,(H,42,43)(H,35,37,40). The number of aromatic carboxylic acids is 1. The molecule has 0 saturated heterocycles. The number of fused-ring (bicyclic) bond motifs is 2. The van der Waals surface area contributed by atoms with E-state index in [1.807, 2.05) is 47.4 Å². The van der Waals surface area contributed by atoms with Crippen molar-refractivity contribution in [3.8, 4) is 11.1 Å². The van der Waals surface area contributed by atoms with Crippen LogP contribution < -0.4 is 10.2 Å². The van der Waals surface area contributed by atoms with Crippen molar-refractivity contribution in [2.45, 2.75) is 13.0 Å². The maximum atomic E-state index is 13.4. The van der Waals surface area contributed by atoms with Crippen molar-refractivity contribution in [1.82, 2.24) is 14.5 Å². The highest BCUT2D eigenvalue weighted by atomic mass is 32.1. The van der Waals surface area contributed by atoms with E-state index in [1.165, 1.54) is 15.9 Å². The molecule has 2 N–H and O–H groups in total. The van der Waals surface area contributed by atoms with Crippen molar-refractivity contribution < 1.29 is 19.5 Å². The van der Waals surface area contributed by atoms with Crippen LogP contribution in [-0.4, -0.2) is 44.0 Å². The smallest absolute Gasteiger partial charge is 0.355 e. The average Bonchev–Trinajstić information content (AvgIpc) is 3.71. The van der Waals surface area contributed by atoms with Crippen LogP contribution in [0.4, 0.5) is 10.9 Å². The molecule has 6 aromatic rings. The molecule has 9 nitrogen and oxygen atoms in total. The largest absolute Gasteiger partial charge is 0.476 e. The third-order valence-corrected chi connectivity index (χ3v) is 8.65. The summed E-state index contributed by atoms with van der Waals surface area (Å²) in [4.78, 5) is 49.7. The summed E-state index contributed by atoms with van der Waals surface area (Å²) in [6, 6.07) is 27.5. The number of amides is 1. The molecule has 10 heteroatoms. The van der Waals surface area contributed by atoms with E-state index >= 15 is 0 Å². The number of carboxylic acids is 1. The summed E-state index contributed by atoms with van der Waals surface area (Å²) in [6.07, 6.45) is 3.91. The van der Waals surface area contributed by atoms with Gasteiger partial charge in [0.05, 0.1) is 10.2 Å². The molecule has 3 aromatic heterocycles. The summed E-state index contributed by atoms with van der Waals surface area (Å²) in [5.41, 5.74) is 4.72. The van der Waals surface area contributed by atoms with Crippen LogP contribution in [0.1, 0.15) is 42.3 Å². The molecular weight excluding hydrogens is 574 g/mol. The second-order valence-corrected chi connectivity index (χ2v) is 11.4. The molecule has 0 saturated carbocycles. The van der Waals surface area contributed by atoms with Crippen molar-refractivity contribution in [2.75, 3.05) is 16.8 Å². The van der Waals surface area contributed by atoms with Gasteiger partial charge in [-0.3, -0.25) is 19.5 Å². The number of rotatable bonds is 6. The van der Waals surface area contributed by atoms with E-state index in [0.29, 0.717) is 52.7 Å². The fourth-order valence-corrected chi connectivity index (χ4v) is 6.37. The average molecular weight is 600 g/mol. The molecule has 1 amide bonds.